The summed E-state index contributed by atoms with van der Waals surface area (Å²) in [6.45, 7) is 2.69. The third kappa shape index (κ3) is 1.74. The molecule has 1 aromatic carbocycles. The molecule has 0 aliphatic carbocycles. The van der Waals surface area contributed by atoms with Gasteiger partial charge in [-0.05, 0) is 19.1 Å². The maximum atomic E-state index is 13.7. The first kappa shape index (κ1) is 10.5. The third-order valence-electron chi connectivity index (χ3n) is 2.43. The fourth-order valence-corrected chi connectivity index (χ4v) is 1.59. The van der Waals surface area contributed by atoms with E-state index in [2.05, 4.69) is 4.98 Å². The standard InChI is InChI=1S/C12H11FN2O/c1-2-15-6-5-14-12(15)10-4-3-9(8-16)7-11(10)13/h3-8H,2H2,1H3. The lowest BCUT2D eigenvalue weighted by Gasteiger charge is -2.06. The number of aryl methyl sites for hydroxylation is 1. The van der Waals surface area contributed by atoms with Gasteiger partial charge in [0.25, 0.3) is 0 Å². The molecule has 0 bridgehead atoms. The lowest BCUT2D eigenvalue weighted by molar-refractivity contribution is 0.112. The Morgan fingerprint density at radius 1 is 1.50 bits per heavy atom. The van der Waals surface area contributed by atoms with E-state index in [0.717, 1.165) is 6.54 Å². The quantitative estimate of drug-likeness (QED) is 0.742. The Morgan fingerprint density at radius 2 is 2.31 bits per heavy atom. The molecular formula is C12H11FN2O. The first-order valence-electron chi connectivity index (χ1n) is 5.02. The molecule has 0 N–H and O–H groups in total. The molecule has 0 saturated carbocycles. The van der Waals surface area contributed by atoms with E-state index < -0.39 is 5.82 Å². The number of carbonyl (C=O) groups excluding carboxylic acids is 1. The van der Waals surface area contributed by atoms with E-state index in [-0.39, 0.29) is 0 Å². The van der Waals surface area contributed by atoms with Gasteiger partial charge in [-0.1, -0.05) is 6.07 Å². The molecule has 3 nitrogen and oxygen atoms in total. The molecule has 2 rings (SSSR count). The molecule has 0 unspecified atom stereocenters. The second-order valence-corrected chi connectivity index (χ2v) is 3.39. The Morgan fingerprint density at radius 3 is 2.94 bits per heavy atom. The van der Waals surface area contributed by atoms with E-state index in [0.29, 0.717) is 23.2 Å². The van der Waals surface area contributed by atoms with Gasteiger partial charge in [-0.15, -0.1) is 0 Å². The van der Waals surface area contributed by atoms with E-state index in [1.807, 2.05) is 11.5 Å². The number of hydrogen-bond donors (Lipinski definition) is 0. The molecule has 0 aliphatic heterocycles. The van der Waals surface area contributed by atoms with Crippen molar-refractivity contribution in [2.45, 2.75) is 13.5 Å². The zero-order valence-corrected chi connectivity index (χ0v) is 8.85. The molecule has 1 aromatic heterocycles. The highest BCUT2D eigenvalue weighted by Crippen LogP contribution is 2.21. The van der Waals surface area contributed by atoms with Gasteiger partial charge in [-0.25, -0.2) is 9.37 Å². The molecule has 82 valence electrons. The Balaban J connectivity index is 2.52. The van der Waals surface area contributed by atoms with Crippen molar-refractivity contribution < 1.29 is 9.18 Å². The van der Waals surface area contributed by atoms with Gasteiger partial charge >= 0.3 is 0 Å². The van der Waals surface area contributed by atoms with Crippen LogP contribution in [0.2, 0.25) is 0 Å². The van der Waals surface area contributed by atoms with Crippen LogP contribution in [0, 0.1) is 5.82 Å². The second kappa shape index (κ2) is 4.26. The van der Waals surface area contributed by atoms with E-state index >= 15 is 0 Å². The number of hydrogen-bond acceptors (Lipinski definition) is 2. The molecule has 0 fully saturated rings. The van der Waals surface area contributed by atoms with Gasteiger partial charge < -0.3 is 4.57 Å². The van der Waals surface area contributed by atoms with Crippen LogP contribution < -0.4 is 0 Å². The van der Waals surface area contributed by atoms with Crippen molar-refractivity contribution in [2.24, 2.45) is 0 Å². The number of aldehydes is 1. The largest absolute Gasteiger partial charge is 0.331 e. The number of benzene rings is 1. The molecule has 2 aromatic rings. The third-order valence-corrected chi connectivity index (χ3v) is 2.43. The van der Waals surface area contributed by atoms with Crippen LogP contribution in [-0.2, 0) is 6.54 Å². The summed E-state index contributed by atoms with van der Waals surface area (Å²) in [4.78, 5) is 14.6. The maximum absolute atomic E-state index is 13.7. The molecule has 0 saturated heterocycles. The number of carbonyl (C=O) groups is 1. The SMILES string of the molecule is CCn1ccnc1-c1ccc(C=O)cc1F. The van der Waals surface area contributed by atoms with Crippen LogP contribution >= 0.6 is 0 Å². The first-order chi connectivity index (χ1) is 7.76. The van der Waals surface area contributed by atoms with Crippen LogP contribution in [0.25, 0.3) is 11.4 Å². The normalized spacial score (nSPS) is 10.4. The Labute approximate surface area is 92.5 Å². The van der Waals surface area contributed by atoms with Gasteiger partial charge in [0.2, 0.25) is 0 Å². The second-order valence-electron chi connectivity index (χ2n) is 3.39. The minimum Gasteiger partial charge on any atom is -0.331 e. The van der Waals surface area contributed by atoms with Crippen LogP contribution in [-0.4, -0.2) is 15.8 Å². The zero-order valence-electron chi connectivity index (χ0n) is 8.85. The maximum Gasteiger partial charge on any atom is 0.150 e. The fourth-order valence-electron chi connectivity index (χ4n) is 1.59. The first-order valence-corrected chi connectivity index (χ1v) is 5.02. The number of halogens is 1. The molecular weight excluding hydrogens is 207 g/mol. The summed E-state index contributed by atoms with van der Waals surface area (Å²) in [5.74, 6) is 0.156. The van der Waals surface area contributed by atoms with E-state index in [9.17, 15) is 9.18 Å². The Bertz CT molecular complexity index is 519. The minimum absolute atomic E-state index is 0.329. The number of imidazole rings is 1. The van der Waals surface area contributed by atoms with Crippen molar-refractivity contribution in [1.29, 1.82) is 0 Å². The van der Waals surface area contributed by atoms with Crippen LogP contribution in [0.3, 0.4) is 0 Å². The van der Waals surface area contributed by atoms with Gasteiger partial charge in [0.15, 0.2) is 0 Å². The van der Waals surface area contributed by atoms with E-state index in [1.165, 1.54) is 6.07 Å². The highest BCUT2D eigenvalue weighted by atomic mass is 19.1. The molecule has 0 aliphatic rings. The van der Waals surface area contributed by atoms with Crippen LogP contribution in [0.4, 0.5) is 4.39 Å². The molecule has 16 heavy (non-hydrogen) atoms. The van der Waals surface area contributed by atoms with Crippen LogP contribution in [0.1, 0.15) is 17.3 Å². The van der Waals surface area contributed by atoms with Crippen molar-refractivity contribution in [1.82, 2.24) is 9.55 Å². The monoisotopic (exact) mass is 218 g/mol. The van der Waals surface area contributed by atoms with Crippen molar-refractivity contribution >= 4 is 6.29 Å². The zero-order chi connectivity index (χ0) is 11.5. The smallest absolute Gasteiger partial charge is 0.150 e. The Hall–Kier alpha value is -1.97. The molecule has 0 radical (unpaired) electrons. The van der Waals surface area contributed by atoms with Crippen molar-refractivity contribution in [2.75, 3.05) is 0 Å². The highest BCUT2D eigenvalue weighted by Gasteiger charge is 2.10. The summed E-state index contributed by atoms with van der Waals surface area (Å²) in [6.07, 6.45) is 4.05. The van der Waals surface area contributed by atoms with E-state index in [4.69, 9.17) is 0 Å². The van der Waals surface area contributed by atoms with Gasteiger partial charge in [0.05, 0.1) is 5.56 Å². The van der Waals surface area contributed by atoms with E-state index in [1.54, 1.807) is 24.5 Å². The van der Waals surface area contributed by atoms with Gasteiger partial charge in [-0.3, -0.25) is 4.79 Å². The number of aromatic nitrogens is 2. The van der Waals surface area contributed by atoms with Crippen LogP contribution in [0.5, 0.6) is 0 Å². The lowest BCUT2D eigenvalue weighted by atomic mass is 10.1. The van der Waals surface area contributed by atoms with Crippen molar-refractivity contribution in [3.63, 3.8) is 0 Å². The molecule has 0 atom stereocenters. The molecule has 4 heteroatoms. The average Bonchev–Trinajstić information content (AvgIpc) is 2.76. The summed E-state index contributed by atoms with van der Waals surface area (Å²) in [5.41, 5.74) is 0.744. The molecule has 0 amide bonds. The summed E-state index contributed by atoms with van der Waals surface area (Å²) >= 11 is 0. The van der Waals surface area contributed by atoms with Crippen molar-refractivity contribution in [3.05, 3.63) is 42.0 Å². The van der Waals surface area contributed by atoms with Gasteiger partial charge in [-0.2, -0.15) is 0 Å². The highest BCUT2D eigenvalue weighted by molar-refractivity contribution is 5.76. The lowest BCUT2D eigenvalue weighted by Crippen LogP contribution is -1.98. The summed E-state index contributed by atoms with van der Waals surface area (Å²) < 4.78 is 15.6. The predicted molar refractivity (Wildman–Crippen MR) is 58.7 cm³/mol. The minimum atomic E-state index is -0.425. The molecule has 1 heterocycles. The number of rotatable bonds is 3. The number of nitrogens with zero attached hydrogens (tertiary/aromatic N) is 2. The summed E-state index contributed by atoms with van der Waals surface area (Å²) in [5, 5.41) is 0. The van der Waals surface area contributed by atoms with Crippen LogP contribution in [0.15, 0.2) is 30.6 Å². The fraction of sp³-hybridized carbons (Fsp3) is 0.167. The summed E-state index contributed by atoms with van der Waals surface area (Å²) in [6, 6.07) is 4.38. The van der Waals surface area contributed by atoms with Gasteiger partial charge in [0, 0.05) is 24.5 Å². The predicted octanol–water partition coefficient (Wildman–Crippen LogP) is 2.52. The summed E-state index contributed by atoms with van der Waals surface area (Å²) in [7, 11) is 0. The van der Waals surface area contributed by atoms with Crippen molar-refractivity contribution in [3.8, 4) is 11.4 Å². The average molecular weight is 218 g/mol. The van der Waals surface area contributed by atoms with Gasteiger partial charge in [0.1, 0.15) is 17.9 Å². The Kier molecular flexibility index (Phi) is 2.81. The topological polar surface area (TPSA) is 34.9 Å². The molecule has 0 spiro atoms.